The molecule has 4 nitrogen and oxygen atoms in total. The van der Waals surface area contributed by atoms with Gasteiger partial charge in [0.05, 0.1) is 21.7 Å². The van der Waals surface area contributed by atoms with Crippen molar-refractivity contribution >= 4 is 22.6 Å². The van der Waals surface area contributed by atoms with Crippen LogP contribution in [0.1, 0.15) is 34.6 Å². The first-order valence-corrected chi connectivity index (χ1v) is 11.4. The van der Waals surface area contributed by atoms with Crippen LogP contribution in [0.2, 0.25) is 0 Å². The number of ether oxygens (including phenoxy) is 1. The predicted octanol–water partition coefficient (Wildman–Crippen LogP) is 6.92. The summed E-state index contributed by atoms with van der Waals surface area (Å²) in [6, 6.07) is 20.5. The SMILES string of the molecule is CC1=Nc2c(c(C)nn2-c2ccc(F)cc2)[C@@H](c2ccc(OCc3ccc(F)cc3)cc2)S1. The van der Waals surface area contributed by atoms with Gasteiger partial charge in [-0.2, -0.15) is 5.10 Å². The molecule has 0 fully saturated rings. The minimum atomic E-state index is -0.286. The fraction of sp³-hybridized carbons (Fsp3) is 0.154. The second kappa shape index (κ2) is 8.83. The average Bonchev–Trinajstić information content (AvgIpc) is 3.15. The van der Waals surface area contributed by atoms with Gasteiger partial charge in [0, 0.05) is 5.56 Å². The number of hydrogen-bond acceptors (Lipinski definition) is 4. The Hall–Kier alpha value is -3.45. The molecule has 166 valence electrons. The Morgan fingerprint density at radius 3 is 2.18 bits per heavy atom. The third kappa shape index (κ3) is 4.41. The van der Waals surface area contributed by atoms with Crippen LogP contribution in [0.15, 0.2) is 77.8 Å². The molecule has 1 aliphatic rings. The Morgan fingerprint density at radius 2 is 1.52 bits per heavy atom. The summed E-state index contributed by atoms with van der Waals surface area (Å²) in [5, 5.41) is 5.69. The van der Waals surface area contributed by atoms with E-state index in [0.29, 0.717) is 6.61 Å². The van der Waals surface area contributed by atoms with Crippen molar-refractivity contribution in [2.24, 2.45) is 4.99 Å². The molecular formula is C26H21F2N3OS. The molecule has 4 aromatic rings. The quantitative estimate of drug-likeness (QED) is 0.324. The van der Waals surface area contributed by atoms with Crippen LogP contribution in [0.4, 0.5) is 14.6 Å². The monoisotopic (exact) mass is 461 g/mol. The van der Waals surface area contributed by atoms with Gasteiger partial charge in [0.15, 0.2) is 5.82 Å². The zero-order valence-electron chi connectivity index (χ0n) is 18.1. The molecule has 3 aromatic carbocycles. The maximum absolute atomic E-state index is 13.4. The van der Waals surface area contributed by atoms with Crippen LogP contribution in [-0.4, -0.2) is 14.8 Å². The fourth-order valence-corrected chi connectivity index (χ4v) is 5.00. The number of aromatic nitrogens is 2. The van der Waals surface area contributed by atoms with Crippen molar-refractivity contribution in [2.45, 2.75) is 25.7 Å². The Labute approximate surface area is 194 Å². The molecule has 0 saturated heterocycles. The second-order valence-corrected chi connectivity index (χ2v) is 9.12. The lowest BCUT2D eigenvalue weighted by Crippen LogP contribution is -2.06. The Balaban J connectivity index is 1.41. The third-order valence-corrected chi connectivity index (χ3v) is 6.64. The van der Waals surface area contributed by atoms with Gasteiger partial charge in [-0.3, -0.25) is 0 Å². The van der Waals surface area contributed by atoms with Gasteiger partial charge in [-0.25, -0.2) is 18.5 Å². The molecule has 1 aromatic heterocycles. The van der Waals surface area contributed by atoms with E-state index >= 15 is 0 Å². The summed E-state index contributed by atoms with van der Waals surface area (Å²) in [5.41, 5.74) is 4.73. The van der Waals surface area contributed by atoms with Gasteiger partial charge in [0.2, 0.25) is 0 Å². The predicted molar refractivity (Wildman–Crippen MR) is 128 cm³/mol. The topological polar surface area (TPSA) is 39.4 Å². The summed E-state index contributed by atoms with van der Waals surface area (Å²) in [7, 11) is 0. The molecule has 0 amide bonds. The van der Waals surface area contributed by atoms with E-state index in [0.717, 1.165) is 44.7 Å². The summed E-state index contributed by atoms with van der Waals surface area (Å²) in [6.45, 7) is 4.33. The highest BCUT2D eigenvalue weighted by molar-refractivity contribution is 8.14. The van der Waals surface area contributed by atoms with Gasteiger partial charge in [-0.1, -0.05) is 36.0 Å². The maximum atomic E-state index is 13.4. The summed E-state index contributed by atoms with van der Waals surface area (Å²) in [5.74, 6) is 0.973. The minimum Gasteiger partial charge on any atom is -0.489 e. The van der Waals surface area contributed by atoms with Crippen molar-refractivity contribution in [3.05, 3.63) is 107 Å². The van der Waals surface area contributed by atoms with Crippen LogP contribution in [0.25, 0.3) is 5.69 Å². The van der Waals surface area contributed by atoms with Crippen molar-refractivity contribution in [1.82, 2.24) is 9.78 Å². The minimum absolute atomic E-state index is 0.0397. The van der Waals surface area contributed by atoms with Gasteiger partial charge < -0.3 is 4.74 Å². The summed E-state index contributed by atoms with van der Waals surface area (Å²) in [4.78, 5) is 4.76. The largest absolute Gasteiger partial charge is 0.489 e. The van der Waals surface area contributed by atoms with Gasteiger partial charge in [0.1, 0.15) is 24.0 Å². The van der Waals surface area contributed by atoms with E-state index in [4.69, 9.17) is 14.8 Å². The van der Waals surface area contributed by atoms with Crippen LogP contribution in [0, 0.1) is 18.6 Å². The van der Waals surface area contributed by atoms with Crippen molar-refractivity contribution < 1.29 is 13.5 Å². The van der Waals surface area contributed by atoms with E-state index in [-0.39, 0.29) is 16.9 Å². The van der Waals surface area contributed by atoms with Crippen LogP contribution >= 0.6 is 11.8 Å². The van der Waals surface area contributed by atoms with Crippen molar-refractivity contribution in [1.29, 1.82) is 0 Å². The van der Waals surface area contributed by atoms with Gasteiger partial charge in [-0.05, 0) is 73.5 Å². The van der Waals surface area contributed by atoms with E-state index in [9.17, 15) is 8.78 Å². The molecule has 0 aliphatic carbocycles. The Bertz CT molecular complexity index is 1310. The highest BCUT2D eigenvalue weighted by Crippen LogP contribution is 2.47. The normalized spacial score (nSPS) is 15.2. The van der Waals surface area contributed by atoms with Gasteiger partial charge in [0.25, 0.3) is 0 Å². The zero-order valence-corrected chi connectivity index (χ0v) is 18.9. The summed E-state index contributed by atoms with van der Waals surface area (Å²) in [6.07, 6.45) is 0. The number of aliphatic imine (C=N–C) groups is 1. The zero-order chi connectivity index (χ0) is 22.9. The van der Waals surface area contributed by atoms with E-state index in [2.05, 4.69) is 12.1 Å². The molecule has 1 aliphatic heterocycles. The number of hydrogen-bond donors (Lipinski definition) is 0. The molecule has 0 radical (unpaired) electrons. The molecule has 0 saturated carbocycles. The lowest BCUT2D eigenvalue weighted by atomic mass is 10.0. The highest BCUT2D eigenvalue weighted by Gasteiger charge is 2.30. The number of rotatable bonds is 5. The lowest BCUT2D eigenvalue weighted by Gasteiger charge is -2.22. The maximum Gasteiger partial charge on any atom is 0.161 e. The molecule has 0 bridgehead atoms. The first kappa shape index (κ1) is 21.4. The number of halogens is 2. The molecular weight excluding hydrogens is 440 g/mol. The second-order valence-electron chi connectivity index (χ2n) is 7.82. The third-order valence-electron chi connectivity index (χ3n) is 5.47. The molecule has 2 heterocycles. The smallest absolute Gasteiger partial charge is 0.161 e. The number of fused-ring (bicyclic) bond motifs is 1. The number of aryl methyl sites for hydroxylation is 1. The average molecular weight is 462 g/mol. The first-order valence-electron chi connectivity index (χ1n) is 10.5. The van der Waals surface area contributed by atoms with Crippen molar-refractivity contribution in [3.8, 4) is 11.4 Å². The summed E-state index contributed by atoms with van der Waals surface area (Å²) >= 11 is 1.69. The van der Waals surface area contributed by atoms with E-state index in [1.165, 1.54) is 24.3 Å². The van der Waals surface area contributed by atoms with Gasteiger partial charge in [-0.15, -0.1) is 0 Å². The van der Waals surface area contributed by atoms with E-state index in [1.807, 2.05) is 26.0 Å². The first-order chi connectivity index (χ1) is 16.0. The molecule has 0 spiro atoms. The standard InChI is InChI=1S/C26H21F2N3OS/c1-16-24-25(19-5-13-23(14-6-19)32-15-18-3-7-20(27)8-4-18)33-17(2)29-26(24)31(30-16)22-11-9-21(28)10-12-22/h3-14,25H,15H2,1-2H3/t25-/m1/s1. The van der Waals surface area contributed by atoms with Crippen LogP contribution in [-0.2, 0) is 6.61 Å². The molecule has 0 N–H and O–H groups in total. The Kier molecular flexibility index (Phi) is 5.72. The molecule has 33 heavy (non-hydrogen) atoms. The van der Waals surface area contributed by atoms with Crippen LogP contribution in [0.5, 0.6) is 5.75 Å². The molecule has 5 rings (SSSR count). The van der Waals surface area contributed by atoms with Crippen LogP contribution < -0.4 is 4.74 Å². The highest BCUT2D eigenvalue weighted by atomic mass is 32.2. The number of nitrogens with zero attached hydrogens (tertiary/aromatic N) is 3. The molecule has 1 atom stereocenters. The summed E-state index contributed by atoms with van der Waals surface area (Å²) < 4.78 is 34.1. The van der Waals surface area contributed by atoms with Crippen LogP contribution in [0.3, 0.4) is 0 Å². The van der Waals surface area contributed by atoms with Gasteiger partial charge >= 0.3 is 0 Å². The number of thioether (sulfide) groups is 1. The van der Waals surface area contributed by atoms with E-state index < -0.39 is 0 Å². The van der Waals surface area contributed by atoms with Crippen molar-refractivity contribution in [2.75, 3.05) is 0 Å². The fourth-order valence-electron chi connectivity index (χ4n) is 3.83. The number of benzene rings is 3. The molecule has 7 heteroatoms. The lowest BCUT2D eigenvalue weighted by molar-refractivity contribution is 0.306. The van der Waals surface area contributed by atoms with Crippen molar-refractivity contribution in [3.63, 3.8) is 0 Å². The Morgan fingerprint density at radius 1 is 0.879 bits per heavy atom. The van der Waals surface area contributed by atoms with E-state index in [1.54, 1.807) is 40.7 Å². The molecule has 0 unspecified atom stereocenters.